The van der Waals surface area contributed by atoms with E-state index in [1.807, 2.05) is 35.2 Å². The van der Waals surface area contributed by atoms with Crippen molar-refractivity contribution in [2.75, 3.05) is 49.5 Å². The predicted molar refractivity (Wildman–Crippen MR) is 145 cm³/mol. The first-order valence-electron chi connectivity index (χ1n) is 13.2. The highest BCUT2D eigenvalue weighted by Gasteiger charge is 2.45. The molecule has 1 aromatic heterocycles. The number of aromatic nitrogens is 1. The van der Waals surface area contributed by atoms with Gasteiger partial charge in [0.2, 0.25) is 0 Å². The first kappa shape index (κ1) is 26.2. The normalized spacial score (nSPS) is 19.2. The van der Waals surface area contributed by atoms with Crippen molar-refractivity contribution >= 4 is 40.8 Å². The molecule has 0 aliphatic carbocycles. The van der Waals surface area contributed by atoms with Crippen LogP contribution in [0, 0.1) is 0 Å². The van der Waals surface area contributed by atoms with Gasteiger partial charge < -0.3 is 19.5 Å². The van der Waals surface area contributed by atoms with Gasteiger partial charge in [0.1, 0.15) is 17.1 Å². The summed E-state index contributed by atoms with van der Waals surface area (Å²) in [5, 5.41) is 9.30. The molecule has 1 N–H and O–H groups in total. The lowest BCUT2D eigenvalue weighted by molar-refractivity contribution is -0.154. The summed E-state index contributed by atoms with van der Waals surface area (Å²) >= 11 is 6.28. The van der Waals surface area contributed by atoms with Crippen molar-refractivity contribution in [1.29, 1.82) is 0 Å². The maximum Gasteiger partial charge on any atom is 0.430 e. The molecular formula is C27H33ClN6O4. The van der Waals surface area contributed by atoms with Crippen LogP contribution in [0.1, 0.15) is 38.2 Å². The number of piperidine rings is 1. The van der Waals surface area contributed by atoms with Crippen LogP contribution in [0.3, 0.4) is 0 Å². The fourth-order valence-electron chi connectivity index (χ4n) is 5.18. The van der Waals surface area contributed by atoms with E-state index in [9.17, 15) is 9.59 Å². The molecule has 11 heteroatoms. The van der Waals surface area contributed by atoms with Gasteiger partial charge in [-0.25, -0.2) is 9.78 Å². The number of hydrogen-bond acceptors (Lipinski definition) is 8. The van der Waals surface area contributed by atoms with Crippen LogP contribution in [-0.2, 0) is 20.9 Å². The number of amides is 2. The van der Waals surface area contributed by atoms with Crippen LogP contribution in [-0.4, -0.2) is 77.5 Å². The average molecular weight is 541 g/mol. The molecule has 2 saturated heterocycles. The summed E-state index contributed by atoms with van der Waals surface area (Å²) in [4.78, 5) is 45.3. The van der Waals surface area contributed by atoms with Gasteiger partial charge in [-0.1, -0.05) is 48.3 Å². The van der Waals surface area contributed by atoms with E-state index in [0.29, 0.717) is 69.3 Å². The Balaban J connectivity index is 1.08. The molecule has 38 heavy (non-hydrogen) atoms. The minimum Gasteiger partial charge on any atom is -0.388 e. The number of benzene rings is 1. The van der Waals surface area contributed by atoms with Crippen molar-refractivity contribution in [2.24, 2.45) is 5.16 Å². The highest BCUT2D eigenvalue weighted by molar-refractivity contribution is 6.39. The van der Waals surface area contributed by atoms with E-state index in [1.165, 1.54) is 0 Å². The van der Waals surface area contributed by atoms with Crippen molar-refractivity contribution in [2.45, 2.75) is 44.6 Å². The molecule has 0 saturated carbocycles. The van der Waals surface area contributed by atoms with E-state index in [1.54, 1.807) is 17.3 Å². The molecule has 3 aliphatic heterocycles. The quantitative estimate of drug-likeness (QED) is 0.588. The number of oxime groups is 1. The van der Waals surface area contributed by atoms with Gasteiger partial charge in [-0.15, -0.1) is 5.06 Å². The molecule has 2 amide bonds. The van der Waals surface area contributed by atoms with E-state index in [0.717, 1.165) is 29.9 Å². The van der Waals surface area contributed by atoms with Gasteiger partial charge in [0, 0.05) is 70.4 Å². The maximum absolute atomic E-state index is 13.2. The Hall–Kier alpha value is -3.37. The maximum atomic E-state index is 13.2. The van der Waals surface area contributed by atoms with Crippen molar-refractivity contribution in [1.82, 2.24) is 14.9 Å². The number of nitrogens with zero attached hydrogens (tertiary/aromatic N) is 5. The number of hydroxylamine groups is 2. The third-order valence-electron chi connectivity index (χ3n) is 7.31. The molecule has 2 fully saturated rings. The van der Waals surface area contributed by atoms with Crippen molar-refractivity contribution in [3.8, 4) is 0 Å². The number of pyridine rings is 1. The fraction of sp³-hybridized carbons (Fsp3) is 0.481. The van der Waals surface area contributed by atoms with Crippen molar-refractivity contribution in [3.05, 3.63) is 53.2 Å². The highest BCUT2D eigenvalue weighted by Crippen LogP contribution is 2.35. The van der Waals surface area contributed by atoms with E-state index in [2.05, 4.69) is 27.3 Å². The molecule has 0 unspecified atom stereocenters. The van der Waals surface area contributed by atoms with Crippen LogP contribution in [0.15, 0.2) is 47.8 Å². The largest absolute Gasteiger partial charge is 0.430 e. The standard InChI is InChI=1S/C27H33ClN6O4/c1-2-6-20-7-3-4-9-22(20)30-26(36)37-34-13-10-27(11-14-34)19-23(31-38-27)25(35)33-17-15-32(16-18-33)24-21(28)8-5-12-29-24/h3-5,7-9,12H,2,6,10-11,13-19H2,1H3,(H,30,36). The summed E-state index contributed by atoms with van der Waals surface area (Å²) in [5.41, 5.74) is 1.78. The Morgan fingerprint density at radius 3 is 2.58 bits per heavy atom. The number of halogens is 1. The zero-order valence-corrected chi connectivity index (χ0v) is 22.3. The van der Waals surface area contributed by atoms with Crippen LogP contribution in [0.2, 0.25) is 5.02 Å². The number of aryl methyl sites for hydroxylation is 1. The first-order valence-corrected chi connectivity index (χ1v) is 13.6. The van der Waals surface area contributed by atoms with Gasteiger partial charge in [-0.05, 0) is 30.2 Å². The third-order valence-corrected chi connectivity index (χ3v) is 7.61. The molecule has 0 atom stereocenters. The minimum absolute atomic E-state index is 0.0857. The molecule has 10 nitrogen and oxygen atoms in total. The van der Waals surface area contributed by atoms with Gasteiger partial charge in [0.25, 0.3) is 5.91 Å². The summed E-state index contributed by atoms with van der Waals surface area (Å²) in [6, 6.07) is 11.4. The van der Waals surface area contributed by atoms with Gasteiger partial charge >= 0.3 is 6.09 Å². The molecule has 5 rings (SSSR count). The molecule has 0 radical (unpaired) electrons. The Labute approximate surface area is 227 Å². The molecule has 2 aromatic rings. The number of carbonyl (C=O) groups is 2. The second-order valence-electron chi connectivity index (χ2n) is 9.92. The summed E-state index contributed by atoms with van der Waals surface area (Å²) in [5.74, 6) is 0.659. The Morgan fingerprint density at radius 1 is 1.08 bits per heavy atom. The number of hydrogen-bond donors (Lipinski definition) is 1. The van der Waals surface area contributed by atoms with Crippen LogP contribution >= 0.6 is 11.6 Å². The molecule has 1 aromatic carbocycles. The summed E-state index contributed by atoms with van der Waals surface area (Å²) in [6.45, 7) is 5.55. The lowest BCUT2D eigenvalue weighted by atomic mass is 9.87. The Morgan fingerprint density at radius 2 is 1.84 bits per heavy atom. The Kier molecular flexibility index (Phi) is 7.99. The Bertz CT molecular complexity index is 1190. The smallest absolute Gasteiger partial charge is 0.388 e. The predicted octanol–water partition coefficient (Wildman–Crippen LogP) is 4.11. The molecule has 202 valence electrons. The van der Waals surface area contributed by atoms with Crippen molar-refractivity contribution in [3.63, 3.8) is 0 Å². The molecule has 3 aliphatic rings. The summed E-state index contributed by atoms with van der Waals surface area (Å²) in [6.07, 6.45) is 4.77. The van der Waals surface area contributed by atoms with Gasteiger partial charge in [0.15, 0.2) is 0 Å². The van der Waals surface area contributed by atoms with Crippen LogP contribution in [0.25, 0.3) is 0 Å². The van der Waals surface area contributed by atoms with E-state index >= 15 is 0 Å². The lowest BCUT2D eigenvalue weighted by Crippen LogP contribution is -2.51. The molecular weight excluding hydrogens is 508 g/mol. The average Bonchev–Trinajstić information content (AvgIpc) is 3.35. The number of nitrogens with one attached hydrogen (secondary N) is 1. The number of anilines is 2. The fourth-order valence-corrected chi connectivity index (χ4v) is 5.42. The molecule has 0 bridgehead atoms. The zero-order chi connectivity index (χ0) is 26.5. The van der Waals surface area contributed by atoms with Gasteiger partial charge in [-0.2, -0.15) is 0 Å². The lowest BCUT2D eigenvalue weighted by Gasteiger charge is -2.36. The van der Waals surface area contributed by atoms with Crippen LogP contribution < -0.4 is 10.2 Å². The molecule has 1 spiro atoms. The second kappa shape index (κ2) is 11.6. The second-order valence-corrected chi connectivity index (χ2v) is 10.3. The summed E-state index contributed by atoms with van der Waals surface area (Å²) in [7, 11) is 0. The van der Waals surface area contributed by atoms with E-state index < -0.39 is 11.7 Å². The first-order chi connectivity index (χ1) is 18.5. The number of rotatable bonds is 6. The van der Waals surface area contributed by atoms with E-state index in [4.69, 9.17) is 21.3 Å². The zero-order valence-electron chi connectivity index (χ0n) is 21.6. The monoisotopic (exact) mass is 540 g/mol. The minimum atomic E-state index is -0.529. The van der Waals surface area contributed by atoms with Crippen molar-refractivity contribution < 1.29 is 19.3 Å². The van der Waals surface area contributed by atoms with Crippen LogP contribution in [0.5, 0.6) is 0 Å². The van der Waals surface area contributed by atoms with E-state index in [-0.39, 0.29) is 5.91 Å². The van der Waals surface area contributed by atoms with Crippen LogP contribution in [0.4, 0.5) is 16.3 Å². The SMILES string of the molecule is CCCc1ccccc1NC(=O)ON1CCC2(CC1)CC(C(=O)N1CCN(c3ncccc3Cl)CC1)=NO2. The topological polar surface area (TPSA) is 99.6 Å². The molecule has 4 heterocycles. The third kappa shape index (κ3) is 5.86. The van der Waals surface area contributed by atoms with Gasteiger partial charge in [-0.3, -0.25) is 10.1 Å². The summed E-state index contributed by atoms with van der Waals surface area (Å²) < 4.78 is 0. The number of piperazine rings is 1. The highest BCUT2D eigenvalue weighted by atomic mass is 35.5. The van der Waals surface area contributed by atoms with Gasteiger partial charge in [0.05, 0.1) is 5.02 Å². The number of para-hydroxylation sites is 1. The number of carbonyl (C=O) groups excluding carboxylic acids is 2.